The molecule has 31 heavy (non-hydrogen) atoms. The van der Waals surface area contributed by atoms with E-state index in [4.69, 9.17) is 0 Å². The van der Waals surface area contributed by atoms with Crippen molar-refractivity contribution in [2.45, 2.75) is 19.8 Å². The van der Waals surface area contributed by atoms with Gasteiger partial charge < -0.3 is 15.1 Å². The van der Waals surface area contributed by atoms with Crippen molar-refractivity contribution < 1.29 is 23.2 Å². The monoisotopic (exact) mass is 429 g/mol. The van der Waals surface area contributed by atoms with Crippen LogP contribution in [0.3, 0.4) is 0 Å². The van der Waals surface area contributed by atoms with Crippen LogP contribution in [-0.2, 0) is 4.79 Å². The minimum atomic E-state index is -0.949. The molecule has 164 valence electrons. The van der Waals surface area contributed by atoms with Crippen LogP contribution in [-0.4, -0.2) is 60.2 Å². The number of hydrogen-bond acceptors (Lipinski definition) is 3. The SMILES string of the molecule is Cc1cccc(C(=O)N2CCCN(C(=O)CCNC(=O)c3ccc(F)cc3F)CC2)c1. The summed E-state index contributed by atoms with van der Waals surface area (Å²) in [7, 11) is 0. The van der Waals surface area contributed by atoms with Crippen LogP contribution >= 0.6 is 0 Å². The third-order valence-electron chi connectivity index (χ3n) is 5.20. The lowest BCUT2D eigenvalue weighted by Crippen LogP contribution is -2.38. The topological polar surface area (TPSA) is 69.7 Å². The van der Waals surface area contributed by atoms with Gasteiger partial charge in [-0.1, -0.05) is 17.7 Å². The van der Waals surface area contributed by atoms with E-state index in [-0.39, 0.29) is 30.3 Å². The zero-order valence-electron chi connectivity index (χ0n) is 17.4. The number of nitrogens with zero attached hydrogens (tertiary/aromatic N) is 2. The fourth-order valence-corrected chi connectivity index (χ4v) is 3.54. The van der Waals surface area contributed by atoms with Gasteiger partial charge in [-0.15, -0.1) is 0 Å². The highest BCUT2D eigenvalue weighted by molar-refractivity contribution is 5.95. The molecule has 1 saturated heterocycles. The maximum Gasteiger partial charge on any atom is 0.254 e. The van der Waals surface area contributed by atoms with Gasteiger partial charge in [-0.2, -0.15) is 0 Å². The van der Waals surface area contributed by atoms with Crippen LogP contribution in [0.1, 0.15) is 39.1 Å². The van der Waals surface area contributed by atoms with Gasteiger partial charge in [-0.05, 0) is 37.6 Å². The van der Waals surface area contributed by atoms with Crippen molar-refractivity contribution >= 4 is 17.7 Å². The first-order valence-corrected chi connectivity index (χ1v) is 10.2. The number of aryl methyl sites for hydroxylation is 1. The Labute approximate surface area is 179 Å². The Balaban J connectivity index is 1.48. The Kier molecular flexibility index (Phi) is 7.33. The fourth-order valence-electron chi connectivity index (χ4n) is 3.54. The van der Waals surface area contributed by atoms with Crippen molar-refractivity contribution in [1.29, 1.82) is 0 Å². The molecule has 3 rings (SSSR count). The second-order valence-corrected chi connectivity index (χ2v) is 7.53. The Bertz CT molecular complexity index is 980. The summed E-state index contributed by atoms with van der Waals surface area (Å²) in [6.07, 6.45) is 0.719. The Hall–Kier alpha value is -3.29. The lowest BCUT2D eigenvalue weighted by molar-refractivity contribution is -0.130. The number of rotatable bonds is 5. The van der Waals surface area contributed by atoms with Crippen LogP contribution in [0.5, 0.6) is 0 Å². The molecule has 0 radical (unpaired) electrons. The Morgan fingerprint density at radius 2 is 1.71 bits per heavy atom. The summed E-state index contributed by atoms with van der Waals surface area (Å²) in [5, 5.41) is 2.49. The first-order valence-electron chi connectivity index (χ1n) is 10.2. The molecule has 0 atom stereocenters. The summed E-state index contributed by atoms with van der Waals surface area (Å²) in [6.45, 7) is 3.91. The minimum absolute atomic E-state index is 0.0386. The van der Waals surface area contributed by atoms with E-state index >= 15 is 0 Å². The van der Waals surface area contributed by atoms with Crippen molar-refractivity contribution in [3.8, 4) is 0 Å². The molecule has 3 amide bonds. The molecule has 0 aliphatic carbocycles. The van der Waals surface area contributed by atoms with Gasteiger partial charge in [0.1, 0.15) is 11.6 Å². The highest BCUT2D eigenvalue weighted by atomic mass is 19.1. The number of amides is 3. The van der Waals surface area contributed by atoms with Crippen LogP contribution in [0.2, 0.25) is 0 Å². The van der Waals surface area contributed by atoms with Gasteiger partial charge in [0, 0.05) is 50.8 Å². The van der Waals surface area contributed by atoms with Gasteiger partial charge >= 0.3 is 0 Å². The largest absolute Gasteiger partial charge is 0.351 e. The van der Waals surface area contributed by atoms with E-state index in [1.807, 2.05) is 25.1 Å². The number of benzene rings is 2. The first kappa shape index (κ1) is 22.4. The molecule has 0 unspecified atom stereocenters. The lowest BCUT2D eigenvalue weighted by Gasteiger charge is -2.22. The van der Waals surface area contributed by atoms with Crippen LogP contribution < -0.4 is 5.32 Å². The van der Waals surface area contributed by atoms with E-state index in [9.17, 15) is 23.2 Å². The molecule has 0 bridgehead atoms. The molecule has 0 saturated carbocycles. The molecule has 1 aliphatic heterocycles. The standard InChI is InChI=1S/C23H25F2N3O3/c1-16-4-2-5-17(14-16)23(31)28-11-3-10-27(12-13-28)21(29)8-9-26-22(30)19-7-6-18(24)15-20(19)25/h2,4-7,14-15H,3,8-13H2,1H3,(H,26,30). The molecule has 2 aromatic rings. The van der Waals surface area contributed by atoms with Gasteiger partial charge in [-0.25, -0.2) is 8.78 Å². The second kappa shape index (κ2) is 10.1. The number of hydrogen-bond donors (Lipinski definition) is 1. The van der Waals surface area contributed by atoms with Crippen LogP contribution in [0.15, 0.2) is 42.5 Å². The molecule has 1 fully saturated rings. The highest BCUT2D eigenvalue weighted by Crippen LogP contribution is 2.12. The number of carbonyl (C=O) groups excluding carboxylic acids is 3. The van der Waals surface area contributed by atoms with Gasteiger partial charge in [0.15, 0.2) is 0 Å². The van der Waals surface area contributed by atoms with E-state index in [2.05, 4.69) is 5.32 Å². The zero-order chi connectivity index (χ0) is 22.4. The van der Waals surface area contributed by atoms with Crippen LogP contribution in [0, 0.1) is 18.6 Å². The molecule has 1 heterocycles. The van der Waals surface area contributed by atoms with E-state index < -0.39 is 17.5 Å². The molecule has 0 aromatic heterocycles. The quantitative estimate of drug-likeness (QED) is 0.795. The van der Waals surface area contributed by atoms with Gasteiger partial charge in [0.2, 0.25) is 5.91 Å². The van der Waals surface area contributed by atoms with Crippen molar-refractivity contribution in [2.75, 3.05) is 32.7 Å². The average Bonchev–Trinajstić information content (AvgIpc) is 2.99. The summed E-state index contributed by atoms with van der Waals surface area (Å²) in [5.74, 6) is -2.61. The molecule has 1 aliphatic rings. The van der Waals surface area contributed by atoms with Crippen LogP contribution in [0.4, 0.5) is 8.78 Å². The molecule has 2 aromatic carbocycles. The van der Waals surface area contributed by atoms with E-state index in [1.54, 1.807) is 15.9 Å². The maximum absolute atomic E-state index is 13.7. The summed E-state index contributed by atoms with van der Waals surface area (Å²) < 4.78 is 26.6. The molecular formula is C23H25F2N3O3. The molecule has 0 spiro atoms. The van der Waals surface area contributed by atoms with E-state index in [0.29, 0.717) is 44.2 Å². The summed E-state index contributed by atoms with van der Waals surface area (Å²) in [6, 6.07) is 10.1. The smallest absolute Gasteiger partial charge is 0.254 e. The lowest BCUT2D eigenvalue weighted by atomic mass is 10.1. The van der Waals surface area contributed by atoms with Crippen molar-refractivity contribution in [1.82, 2.24) is 15.1 Å². The average molecular weight is 429 g/mol. The highest BCUT2D eigenvalue weighted by Gasteiger charge is 2.23. The fraction of sp³-hybridized carbons (Fsp3) is 0.348. The molecule has 8 heteroatoms. The van der Waals surface area contributed by atoms with Crippen LogP contribution in [0.25, 0.3) is 0 Å². The normalized spacial score (nSPS) is 14.2. The second-order valence-electron chi connectivity index (χ2n) is 7.53. The molecule has 6 nitrogen and oxygen atoms in total. The number of carbonyl (C=O) groups is 3. The number of nitrogens with one attached hydrogen (secondary N) is 1. The van der Waals surface area contributed by atoms with E-state index in [0.717, 1.165) is 17.7 Å². The Morgan fingerprint density at radius 1 is 0.968 bits per heavy atom. The summed E-state index contributed by atoms with van der Waals surface area (Å²) >= 11 is 0. The summed E-state index contributed by atoms with van der Waals surface area (Å²) in [4.78, 5) is 40.7. The van der Waals surface area contributed by atoms with Gasteiger partial charge in [-0.3, -0.25) is 14.4 Å². The van der Waals surface area contributed by atoms with E-state index in [1.165, 1.54) is 0 Å². The molecule has 1 N–H and O–H groups in total. The third-order valence-corrected chi connectivity index (χ3v) is 5.20. The maximum atomic E-state index is 13.7. The van der Waals surface area contributed by atoms with Crippen molar-refractivity contribution in [3.05, 3.63) is 70.8 Å². The van der Waals surface area contributed by atoms with Gasteiger partial charge in [0.05, 0.1) is 5.56 Å². The Morgan fingerprint density at radius 3 is 2.45 bits per heavy atom. The first-order chi connectivity index (χ1) is 14.8. The van der Waals surface area contributed by atoms with Gasteiger partial charge in [0.25, 0.3) is 11.8 Å². The molecular weight excluding hydrogens is 404 g/mol. The predicted octanol–water partition coefficient (Wildman–Crippen LogP) is 2.77. The van der Waals surface area contributed by atoms with Crippen molar-refractivity contribution in [2.24, 2.45) is 0 Å². The number of halogens is 2. The summed E-state index contributed by atoms with van der Waals surface area (Å²) in [5.41, 5.74) is 1.38. The third kappa shape index (κ3) is 5.87. The van der Waals surface area contributed by atoms with Crippen molar-refractivity contribution in [3.63, 3.8) is 0 Å². The predicted molar refractivity (Wildman–Crippen MR) is 112 cm³/mol. The zero-order valence-corrected chi connectivity index (χ0v) is 17.4. The minimum Gasteiger partial charge on any atom is -0.351 e.